The third-order valence-corrected chi connectivity index (χ3v) is 8.23. The smallest absolute Gasteiger partial charge is 0.239 e. The molecule has 1 saturated heterocycles. The lowest BCUT2D eigenvalue weighted by atomic mass is 9.47. The van der Waals surface area contributed by atoms with Crippen LogP contribution in [0.5, 0.6) is 0 Å². The topological polar surface area (TPSA) is 55.8 Å². The molecule has 3 aromatic rings. The van der Waals surface area contributed by atoms with E-state index in [0.717, 1.165) is 33.4 Å². The number of hydrogen-bond donors (Lipinski definition) is 0. The Morgan fingerprint density at radius 2 is 1.38 bits per heavy atom. The fourth-order valence-electron chi connectivity index (χ4n) is 6.82. The summed E-state index contributed by atoms with van der Waals surface area (Å²) in [7, 11) is 3.21. The van der Waals surface area contributed by atoms with Gasteiger partial charge in [0.25, 0.3) is 0 Å². The van der Waals surface area contributed by atoms with Crippen LogP contribution in [-0.4, -0.2) is 32.3 Å². The average molecular weight is 454 g/mol. The first-order valence-corrected chi connectivity index (χ1v) is 11.7. The van der Waals surface area contributed by atoms with Crippen molar-refractivity contribution >= 4 is 17.5 Å². The number of imide groups is 1. The molecule has 0 aromatic heterocycles. The van der Waals surface area contributed by atoms with Crippen LogP contribution >= 0.6 is 0 Å². The van der Waals surface area contributed by atoms with Gasteiger partial charge < -0.3 is 9.47 Å². The van der Waals surface area contributed by atoms with E-state index < -0.39 is 23.5 Å². The molecule has 5 nitrogen and oxygen atoms in total. The summed E-state index contributed by atoms with van der Waals surface area (Å²) >= 11 is 0. The minimum atomic E-state index is -0.933. The number of ether oxygens (including phenoxy) is 2. The largest absolute Gasteiger partial charge is 0.355 e. The Bertz CT molecular complexity index is 1290. The maximum atomic E-state index is 14.3. The molecule has 172 valence electrons. The van der Waals surface area contributed by atoms with Crippen molar-refractivity contribution in [3.8, 4) is 0 Å². The van der Waals surface area contributed by atoms with Gasteiger partial charge in [0, 0.05) is 20.1 Å². The molecule has 0 spiro atoms. The molecule has 7 rings (SSSR count). The minimum absolute atomic E-state index is 0.150. The first-order valence-electron chi connectivity index (χ1n) is 11.7. The van der Waals surface area contributed by atoms with Crippen LogP contribution in [0.4, 0.5) is 5.69 Å². The molecule has 2 atom stereocenters. The van der Waals surface area contributed by atoms with Gasteiger partial charge in [0.1, 0.15) is 0 Å². The molecule has 0 saturated carbocycles. The molecule has 0 radical (unpaired) electrons. The van der Waals surface area contributed by atoms with E-state index in [1.807, 2.05) is 56.3 Å². The summed E-state index contributed by atoms with van der Waals surface area (Å²) in [6.07, 6.45) is -0.736. The molecular formula is C29H27NO4. The van der Waals surface area contributed by atoms with E-state index in [1.165, 1.54) is 4.90 Å². The first kappa shape index (κ1) is 21.3. The van der Waals surface area contributed by atoms with Crippen LogP contribution in [0, 0.1) is 25.7 Å². The molecule has 0 unspecified atom stereocenters. The average Bonchev–Trinajstić information content (AvgIpc) is 3.13. The van der Waals surface area contributed by atoms with Crippen LogP contribution in [-0.2, 0) is 24.5 Å². The number of carbonyl (C=O) groups excluding carboxylic acids is 2. The molecule has 2 amide bonds. The number of carbonyl (C=O) groups is 2. The number of amides is 2. The molecule has 0 N–H and O–H groups in total. The number of rotatable bonds is 4. The minimum Gasteiger partial charge on any atom is -0.355 e. The highest BCUT2D eigenvalue weighted by Gasteiger charge is 2.71. The van der Waals surface area contributed by atoms with Crippen LogP contribution in [0.15, 0.2) is 66.7 Å². The highest BCUT2D eigenvalue weighted by Crippen LogP contribution is 2.65. The van der Waals surface area contributed by atoms with Gasteiger partial charge in [-0.05, 0) is 59.4 Å². The molecule has 34 heavy (non-hydrogen) atoms. The second-order valence-electron chi connectivity index (χ2n) is 9.61. The van der Waals surface area contributed by atoms with Gasteiger partial charge in [0.15, 0.2) is 6.29 Å². The summed E-state index contributed by atoms with van der Waals surface area (Å²) in [6.45, 7) is 4.02. The van der Waals surface area contributed by atoms with Gasteiger partial charge in [-0.1, -0.05) is 54.6 Å². The van der Waals surface area contributed by atoms with Crippen LogP contribution < -0.4 is 4.90 Å². The van der Waals surface area contributed by atoms with Crippen molar-refractivity contribution in [2.75, 3.05) is 19.1 Å². The number of benzene rings is 3. The van der Waals surface area contributed by atoms with E-state index in [9.17, 15) is 9.59 Å². The van der Waals surface area contributed by atoms with Crippen molar-refractivity contribution in [3.63, 3.8) is 0 Å². The lowest BCUT2D eigenvalue weighted by Crippen LogP contribution is -2.60. The molecule has 4 aliphatic rings. The quantitative estimate of drug-likeness (QED) is 0.432. The number of nitrogens with zero attached hydrogens (tertiary/aromatic N) is 1. The van der Waals surface area contributed by atoms with Crippen LogP contribution in [0.1, 0.15) is 39.3 Å². The molecule has 1 heterocycles. The number of hydrogen-bond acceptors (Lipinski definition) is 4. The monoisotopic (exact) mass is 453 g/mol. The molecule has 1 aliphatic heterocycles. The van der Waals surface area contributed by atoms with Gasteiger partial charge in [-0.3, -0.25) is 9.59 Å². The summed E-state index contributed by atoms with van der Waals surface area (Å²) in [5.74, 6) is -1.68. The Balaban J connectivity index is 1.66. The molecule has 3 aliphatic carbocycles. The highest BCUT2D eigenvalue weighted by atomic mass is 16.7. The molecule has 3 aromatic carbocycles. The van der Waals surface area contributed by atoms with Crippen LogP contribution in [0.3, 0.4) is 0 Å². The number of methoxy groups -OCH3 is 2. The van der Waals surface area contributed by atoms with Crippen molar-refractivity contribution in [2.24, 2.45) is 11.8 Å². The SMILES string of the molecule is COC(OC)C12c3ccccc3C(c3ccccc31)[C@@H]1C(=O)N(c3ccc(C)c(C)c3)C(=O)[C@@H]12. The van der Waals surface area contributed by atoms with E-state index in [1.54, 1.807) is 14.2 Å². The van der Waals surface area contributed by atoms with Gasteiger partial charge in [-0.25, -0.2) is 4.90 Å². The Hall–Kier alpha value is -3.28. The maximum Gasteiger partial charge on any atom is 0.239 e. The van der Waals surface area contributed by atoms with Gasteiger partial charge in [0.05, 0.1) is 22.9 Å². The van der Waals surface area contributed by atoms with Crippen molar-refractivity contribution in [1.29, 1.82) is 0 Å². The van der Waals surface area contributed by atoms with Crippen molar-refractivity contribution in [2.45, 2.75) is 31.5 Å². The third-order valence-electron chi connectivity index (χ3n) is 8.23. The van der Waals surface area contributed by atoms with E-state index in [4.69, 9.17) is 9.47 Å². The maximum absolute atomic E-state index is 14.3. The molecule has 2 bridgehead atoms. The Morgan fingerprint density at radius 1 is 0.794 bits per heavy atom. The van der Waals surface area contributed by atoms with Gasteiger partial charge in [-0.2, -0.15) is 0 Å². The van der Waals surface area contributed by atoms with E-state index in [2.05, 4.69) is 24.3 Å². The molecule has 5 heteroatoms. The zero-order valence-electron chi connectivity index (χ0n) is 19.7. The van der Waals surface area contributed by atoms with Crippen molar-refractivity contribution < 1.29 is 19.1 Å². The summed E-state index contributed by atoms with van der Waals surface area (Å²) in [4.78, 5) is 29.8. The fourth-order valence-corrected chi connectivity index (χ4v) is 6.82. The third kappa shape index (κ3) is 2.41. The summed E-state index contributed by atoms with van der Waals surface area (Å²) < 4.78 is 11.9. The number of aryl methyl sites for hydroxylation is 2. The summed E-state index contributed by atoms with van der Waals surface area (Å²) in [5, 5.41) is 0. The first-order chi connectivity index (χ1) is 16.5. The normalized spacial score (nSPS) is 26.6. The van der Waals surface area contributed by atoms with Crippen molar-refractivity contribution in [1.82, 2.24) is 0 Å². The standard InChI is InChI=1S/C29H27NO4/c1-16-13-14-18(15-17(16)2)30-26(31)24-23-19-9-5-7-11-21(19)29(25(24)27(30)32,28(33-3)34-4)22-12-8-6-10-20(22)23/h5-15,23-25,28H,1-4H3/t23?,24-,25+,29?/m0/s1. The zero-order valence-corrected chi connectivity index (χ0v) is 19.7. The Kier molecular flexibility index (Phi) is 4.60. The lowest BCUT2D eigenvalue weighted by Gasteiger charge is -2.56. The van der Waals surface area contributed by atoms with Crippen LogP contribution in [0.25, 0.3) is 0 Å². The molecule has 1 fully saturated rings. The summed E-state index contributed by atoms with van der Waals surface area (Å²) in [6, 6.07) is 22.0. The fraction of sp³-hybridized carbons (Fsp3) is 0.310. The lowest BCUT2D eigenvalue weighted by molar-refractivity contribution is -0.168. The number of anilines is 1. The Labute approximate surface area is 199 Å². The second kappa shape index (κ2) is 7.36. The second-order valence-corrected chi connectivity index (χ2v) is 9.61. The van der Waals surface area contributed by atoms with Crippen LogP contribution in [0.2, 0.25) is 0 Å². The summed E-state index contributed by atoms with van der Waals surface area (Å²) in [5.41, 5.74) is 6.03. The predicted molar refractivity (Wildman–Crippen MR) is 129 cm³/mol. The van der Waals surface area contributed by atoms with Gasteiger partial charge in [0.2, 0.25) is 11.8 Å². The van der Waals surface area contributed by atoms with Crippen molar-refractivity contribution in [3.05, 3.63) is 100 Å². The van der Waals surface area contributed by atoms with Gasteiger partial charge in [-0.15, -0.1) is 0 Å². The highest BCUT2D eigenvalue weighted by molar-refractivity contribution is 6.23. The van der Waals surface area contributed by atoms with E-state index in [-0.39, 0.29) is 17.7 Å². The zero-order chi connectivity index (χ0) is 23.8. The molecular weight excluding hydrogens is 426 g/mol. The van der Waals surface area contributed by atoms with E-state index in [0.29, 0.717) is 5.69 Å². The van der Waals surface area contributed by atoms with Gasteiger partial charge >= 0.3 is 0 Å². The Morgan fingerprint density at radius 3 is 1.94 bits per heavy atom. The predicted octanol–water partition coefficient (Wildman–Crippen LogP) is 4.47. The van der Waals surface area contributed by atoms with E-state index >= 15 is 0 Å².